The van der Waals surface area contributed by atoms with Crippen molar-refractivity contribution < 1.29 is 84.6 Å². The molecule has 0 saturated carbocycles. The molecule has 2 N–H and O–H groups in total. The largest absolute Gasteiger partial charge is 1.00 e. The number of carboxylic acid groups (broad SMARTS) is 1. The molecule has 8 heavy (non-hydrogen) atoms. The van der Waals surface area contributed by atoms with Crippen LogP contribution in [-0.4, -0.2) is 11.6 Å². The molecule has 0 aromatic heterocycles. The van der Waals surface area contributed by atoms with Gasteiger partial charge in [-0.1, -0.05) is 0 Å². The molecule has 5 nitrogen and oxygen atoms in total. The molecule has 0 bridgehead atoms. The first kappa shape index (κ1) is 22.9. The van der Waals surface area contributed by atoms with Gasteiger partial charge in [0, 0.05) is 0 Å². The molecule has 0 fully saturated rings. The van der Waals surface area contributed by atoms with Gasteiger partial charge in [0.05, 0.1) is 0 Å². The second kappa shape index (κ2) is 15.7. The molecule has 0 unspecified atom stereocenters. The molecule has 0 amide bonds. The molecule has 0 aromatic carbocycles. The van der Waals surface area contributed by atoms with Gasteiger partial charge in [0.25, 0.3) is 0 Å². The third-order valence-corrected chi connectivity index (χ3v) is 0.0680. The van der Waals surface area contributed by atoms with Crippen LogP contribution in [0.1, 0.15) is 0 Å². The van der Waals surface area contributed by atoms with Crippen LogP contribution in [0.3, 0.4) is 0 Å². The van der Waals surface area contributed by atoms with E-state index in [4.69, 9.17) is 15.2 Å². The van der Waals surface area contributed by atoms with Crippen LogP contribution in [0.4, 0.5) is 4.79 Å². The molecule has 0 spiro atoms. The zero-order valence-electron chi connectivity index (χ0n) is 4.63. The zero-order valence-corrected chi connectivity index (χ0v) is 8.63. The second-order valence-corrected chi connectivity index (χ2v) is 0.333. The van der Waals surface area contributed by atoms with Gasteiger partial charge in [-0.15, -0.1) is 0 Å². The topological polar surface area (TPSA) is 104 Å². The van der Waals surface area contributed by atoms with Gasteiger partial charge in [0.1, 0.15) is 0 Å². The van der Waals surface area contributed by atoms with Crippen molar-refractivity contribution in [2.24, 2.45) is 0 Å². The Labute approximate surface area is 89.8 Å². The van der Waals surface area contributed by atoms with Gasteiger partial charge in [-0.05, 0) is 0 Å². The minimum absolute atomic E-state index is 0. The van der Waals surface area contributed by atoms with E-state index in [1.54, 1.807) is 0 Å². The molecular formula is CH2Na2O5. The standard InChI is InChI=1S/CH2O4.2Na.H2O/c2-1(3)5-4;;;/h4H,(H,2,3);;;1H2/q;2*+1;/p-2. The fraction of sp³-hybridized carbons (Fsp3) is 0. The summed E-state index contributed by atoms with van der Waals surface area (Å²) in [4.78, 5) is 11.0. The minimum Gasteiger partial charge on any atom is -0.755 e. The van der Waals surface area contributed by atoms with Crippen molar-refractivity contribution in [2.75, 3.05) is 0 Å². The van der Waals surface area contributed by atoms with Crippen LogP contribution in [0, 0.1) is 0 Å². The van der Waals surface area contributed by atoms with Crippen molar-refractivity contribution >= 4 is 6.16 Å². The Kier molecular flexibility index (Phi) is 45.0. The van der Waals surface area contributed by atoms with Crippen LogP contribution in [0.15, 0.2) is 0 Å². The van der Waals surface area contributed by atoms with E-state index >= 15 is 0 Å². The molecule has 0 saturated heterocycles. The van der Waals surface area contributed by atoms with E-state index in [0.717, 1.165) is 0 Å². The van der Waals surface area contributed by atoms with Crippen LogP contribution in [0.2, 0.25) is 0 Å². The summed E-state index contributed by atoms with van der Waals surface area (Å²) in [5, 5.41) is 17.2. The number of carbonyl (C=O) groups excluding carboxylic acids is 1. The van der Waals surface area contributed by atoms with Gasteiger partial charge in [-0.25, -0.2) is 0 Å². The van der Waals surface area contributed by atoms with Gasteiger partial charge >= 0.3 is 59.1 Å². The Balaban J connectivity index is -0.0000000267. The second-order valence-electron chi connectivity index (χ2n) is 0.333. The van der Waals surface area contributed by atoms with E-state index in [1.807, 2.05) is 0 Å². The third kappa shape index (κ3) is 27.1. The van der Waals surface area contributed by atoms with E-state index in [1.165, 1.54) is 0 Å². The minimum atomic E-state index is -2.05. The Bertz CT molecular complexity index is 45.7. The number of hydrogen-bond acceptors (Lipinski definition) is 4. The third-order valence-electron chi connectivity index (χ3n) is 0.0680. The van der Waals surface area contributed by atoms with E-state index in [0.29, 0.717) is 0 Å². The predicted molar refractivity (Wildman–Crippen MR) is 10.1 cm³/mol. The molecule has 7 heteroatoms. The normalized spacial score (nSPS) is 4.12. The van der Waals surface area contributed by atoms with E-state index in [9.17, 15) is 0 Å². The molecule has 0 aromatic rings. The van der Waals surface area contributed by atoms with E-state index in [-0.39, 0.29) is 64.6 Å². The maximum absolute atomic E-state index is 8.72. The molecule has 0 aliphatic heterocycles. The van der Waals surface area contributed by atoms with Gasteiger partial charge < -0.3 is 25.5 Å². The summed E-state index contributed by atoms with van der Waals surface area (Å²) in [6, 6.07) is 0. The smallest absolute Gasteiger partial charge is 0.755 e. The monoisotopic (exact) mass is 140 g/mol. The van der Waals surface area contributed by atoms with Gasteiger partial charge in [0.15, 0.2) is 0 Å². The average molecular weight is 140 g/mol. The maximum atomic E-state index is 8.72. The molecule has 38 valence electrons. The SMILES string of the molecule is O.O=C([O-])O[O-].[Na+].[Na+]. The summed E-state index contributed by atoms with van der Waals surface area (Å²) in [5.74, 6) is 0. The van der Waals surface area contributed by atoms with Crippen molar-refractivity contribution in [3.05, 3.63) is 0 Å². The number of rotatable bonds is 0. The Morgan fingerprint density at radius 1 is 1.38 bits per heavy atom. The summed E-state index contributed by atoms with van der Waals surface area (Å²) < 4.78 is 0. The molecule has 0 heterocycles. The summed E-state index contributed by atoms with van der Waals surface area (Å²) in [6.07, 6.45) is -2.05. The summed E-state index contributed by atoms with van der Waals surface area (Å²) in [6.45, 7) is 0. The first-order valence-corrected chi connectivity index (χ1v) is 0.779. The van der Waals surface area contributed by atoms with Crippen molar-refractivity contribution in [3.8, 4) is 0 Å². The van der Waals surface area contributed by atoms with Gasteiger partial charge in [-0.3, -0.25) is 0 Å². The van der Waals surface area contributed by atoms with Crippen LogP contribution >= 0.6 is 0 Å². The average Bonchev–Trinajstić information content (AvgIpc) is 1.38. The van der Waals surface area contributed by atoms with Crippen LogP contribution < -0.4 is 69.5 Å². The Hall–Kier alpha value is 1.19. The van der Waals surface area contributed by atoms with Crippen LogP contribution in [-0.2, 0) is 4.89 Å². The van der Waals surface area contributed by atoms with Crippen molar-refractivity contribution in [1.29, 1.82) is 0 Å². The van der Waals surface area contributed by atoms with E-state index in [2.05, 4.69) is 4.89 Å². The number of carbonyl (C=O) groups is 1. The summed E-state index contributed by atoms with van der Waals surface area (Å²) in [7, 11) is 0. The summed E-state index contributed by atoms with van der Waals surface area (Å²) >= 11 is 0. The maximum Gasteiger partial charge on any atom is 1.00 e. The predicted octanol–water partition coefficient (Wildman–Crippen LogP) is -9.20. The molecule has 0 aliphatic carbocycles. The Morgan fingerprint density at radius 3 is 1.50 bits per heavy atom. The first-order chi connectivity index (χ1) is 2.27. The van der Waals surface area contributed by atoms with Crippen molar-refractivity contribution in [1.82, 2.24) is 0 Å². The summed E-state index contributed by atoms with van der Waals surface area (Å²) in [5.41, 5.74) is 0. The van der Waals surface area contributed by atoms with Crippen LogP contribution in [0.25, 0.3) is 0 Å². The molecule has 0 radical (unpaired) electrons. The molecule has 0 aliphatic rings. The fourth-order valence-electron chi connectivity index (χ4n) is 0. The van der Waals surface area contributed by atoms with Crippen molar-refractivity contribution in [3.63, 3.8) is 0 Å². The van der Waals surface area contributed by atoms with Gasteiger partial charge in [0.2, 0.25) is 6.16 Å². The Morgan fingerprint density at radius 2 is 1.50 bits per heavy atom. The molecule has 0 rings (SSSR count). The fourth-order valence-corrected chi connectivity index (χ4v) is 0. The molecular weight excluding hydrogens is 138 g/mol. The zero-order chi connectivity index (χ0) is 4.28. The van der Waals surface area contributed by atoms with Crippen LogP contribution in [0.5, 0.6) is 0 Å². The number of hydrogen-bond donors (Lipinski definition) is 0. The molecule has 0 atom stereocenters. The van der Waals surface area contributed by atoms with Crippen molar-refractivity contribution in [2.45, 2.75) is 0 Å². The first-order valence-electron chi connectivity index (χ1n) is 0.779. The van der Waals surface area contributed by atoms with E-state index < -0.39 is 6.16 Å². The quantitative estimate of drug-likeness (QED) is 0.189. The van der Waals surface area contributed by atoms with Gasteiger partial charge in [-0.2, -0.15) is 0 Å².